The van der Waals surface area contributed by atoms with Crippen LogP contribution < -0.4 is 10.1 Å². The predicted octanol–water partition coefficient (Wildman–Crippen LogP) is 2.94. The Kier molecular flexibility index (Phi) is 4.09. The molecule has 20 heavy (non-hydrogen) atoms. The number of nitrogens with zero attached hydrogens (tertiary/aromatic N) is 2. The number of methoxy groups -OCH3 is 1. The molecule has 0 spiro atoms. The smallest absolute Gasteiger partial charge is 0.251 e. The van der Waals surface area contributed by atoms with E-state index in [0.717, 1.165) is 16.9 Å². The van der Waals surface area contributed by atoms with Crippen LogP contribution in [0.1, 0.15) is 32.2 Å². The van der Waals surface area contributed by atoms with Crippen LogP contribution in [0.5, 0.6) is 5.75 Å². The summed E-state index contributed by atoms with van der Waals surface area (Å²) in [7, 11) is 1.63. The molecule has 0 amide bonds. The summed E-state index contributed by atoms with van der Waals surface area (Å²) in [5.74, 6) is 1.78. The third-order valence-electron chi connectivity index (χ3n) is 2.82. The molecule has 0 saturated heterocycles. The summed E-state index contributed by atoms with van der Waals surface area (Å²) in [6, 6.07) is 5.87. The molecule has 0 unspecified atom stereocenters. The van der Waals surface area contributed by atoms with E-state index in [4.69, 9.17) is 9.15 Å². The summed E-state index contributed by atoms with van der Waals surface area (Å²) in [6.07, 6.45) is 0. The highest BCUT2D eigenvalue weighted by Gasteiger charge is 2.15. The molecular weight excluding hydrogens is 254 g/mol. The van der Waals surface area contributed by atoms with Gasteiger partial charge in [0.2, 0.25) is 5.89 Å². The Bertz CT molecular complexity index is 585. The Morgan fingerprint density at radius 3 is 2.65 bits per heavy atom. The van der Waals surface area contributed by atoms with Crippen molar-refractivity contribution in [1.29, 1.82) is 0 Å². The topological polar surface area (TPSA) is 60.2 Å². The summed E-state index contributed by atoms with van der Waals surface area (Å²) >= 11 is 0. The molecule has 0 aliphatic heterocycles. The van der Waals surface area contributed by atoms with Gasteiger partial charge in [-0.3, -0.25) is 0 Å². The molecule has 2 aromatic rings. The molecule has 5 nitrogen and oxygen atoms in total. The molecule has 2 rings (SSSR count). The minimum Gasteiger partial charge on any atom is -0.496 e. The van der Waals surface area contributed by atoms with Crippen molar-refractivity contribution in [3.05, 3.63) is 29.7 Å². The third kappa shape index (κ3) is 3.57. The molecule has 0 aliphatic rings. The van der Waals surface area contributed by atoms with E-state index in [9.17, 15) is 0 Å². The fourth-order valence-electron chi connectivity index (χ4n) is 1.76. The lowest BCUT2D eigenvalue weighted by molar-refractivity contribution is 0.382. The zero-order chi connectivity index (χ0) is 14.8. The van der Waals surface area contributed by atoms with Gasteiger partial charge in [0.05, 0.1) is 19.2 Å². The van der Waals surface area contributed by atoms with Crippen molar-refractivity contribution in [2.75, 3.05) is 7.11 Å². The van der Waals surface area contributed by atoms with Crippen LogP contribution in [0.4, 0.5) is 0 Å². The first-order chi connectivity index (χ1) is 9.39. The van der Waals surface area contributed by atoms with Gasteiger partial charge < -0.3 is 14.5 Å². The number of hydrogen-bond acceptors (Lipinski definition) is 5. The number of benzene rings is 1. The maximum absolute atomic E-state index is 5.70. The maximum Gasteiger partial charge on any atom is 0.251 e. The second kappa shape index (κ2) is 5.63. The SMILES string of the molecule is COc1ccc(C)cc1-c1nnc(CNC(C)(C)C)o1. The van der Waals surface area contributed by atoms with Gasteiger partial charge in [-0.1, -0.05) is 11.6 Å². The Labute approximate surface area is 119 Å². The van der Waals surface area contributed by atoms with Gasteiger partial charge in [-0.2, -0.15) is 0 Å². The van der Waals surface area contributed by atoms with Crippen LogP contribution in [-0.4, -0.2) is 22.8 Å². The second-order valence-corrected chi connectivity index (χ2v) is 5.81. The average molecular weight is 275 g/mol. The molecule has 0 atom stereocenters. The van der Waals surface area contributed by atoms with E-state index in [1.165, 1.54) is 0 Å². The summed E-state index contributed by atoms with van der Waals surface area (Å²) in [5, 5.41) is 11.5. The van der Waals surface area contributed by atoms with E-state index >= 15 is 0 Å². The maximum atomic E-state index is 5.70. The lowest BCUT2D eigenvalue weighted by Gasteiger charge is -2.18. The summed E-state index contributed by atoms with van der Waals surface area (Å²) < 4.78 is 11.0. The zero-order valence-corrected chi connectivity index (χ0v) is 12.7. The standard InChI is InChI=1S/C15H21N3O2/c1-10-6-7-12(19-5)11(8-10)14-18-17-13(20-14)9-16-15(2,3)4/h6-8,16H,9H2,1-5H3. The number of ether oxygens (including phenoxy) is 1. The normalized spacial score (nSPS) is 11.7. The molecule has 0 fully saturated rings. The predicted molar refractivity (Wildman–Crippen MR) is 77.6 cm³/mol. The van der Waals surface area contributed by atoms with Crippen molar-refractivity contribution >= 4 is 0 Å². The van der Waals surface area contributed by atoms with Crippen LogP contribution in [0.3, 0.4) is 0 Å². The molecule has 0 saturated carbocycles. The average Bonchev–Trinajstić information content (AvgIpc) is 2.84. The number of rotatable bonds is 4. The lowest BCUT2D eigenvalue weighted by atomic mass is 10.1. The Balaban J connectivity index is 2.22. The van der Waals surface area contributed by atoms with E-state index in [0.29, 0.717) is 18.3 Å². The molecule has 0 bridgehead atoms. The molecular formula is C15H21N3O2. The van der Waals surface area contributed by atoms with Crippen LogP contribution >= 0.6 is 0 Å². The highest BCUT2D eigenvalue weighted by molar-refractivity contribution is 5.63. The Hall–Kier alpha value is -1.88. The Morgan fingerprint density at radius 1 is 1.25 bits per heavy atom. The van der Waals surface area contributed by atoms with Crippen molar-refractivity contribution in [1.82, 2.24) is 15.5 Å². The molecule has 0 aliphatic carbocycles. The fourth-order valence-corrected chi connectivity index (χ4v) is 1.76. The van der Waals surface area contributed by atoms with Gasteiger partial charge in [0.1, 0.15) is 5.75 Å². The van der Waals surface area contributed by atoms with Crippen LogP contribution in [0, 0.1) is 6.92 Å². The molecule has 1 heterocycles. The van der Waals surface area contributed by atoms with Crippen LogP contribution in [0.25, 0.3) is 11.5 Å². The largest absolute Gasteiger partial charge is 0.496 e. The minimum absolute atomic E-state index is 0.00958. The second-order valence-electron chi connectivity index (χ2n) is 5.81. The van der Waals surface area contributed by atoms with Crippen molar-refractivity contribution in [2.24, 2.45) is 0 Å². The number of nitrogens with one attached hydrogen (secondary N) is 1. The van der Waals surface area contributed by atoms with Crippen molar-refractivity contribution in [2.45, 2.75) is 39.8 Å². The van der Waals surface area contributed by atoms with E-state index < -0.39 is 0 Å². The van der Waals surface area contributed by atoms with Crippen LogP contribution in [0.15, 0.2) is 22.6 Å². The van der Waals surface area contributed by atoms with Crippen molar-refractivity contribution < 1.29 is 9.15 Å². The summed E-state index contributed by atoms with van der Waals surface area (Å²) in [4.78, 5) is 0. The zero-order valence-electron chi connectivity index (χ0n) is 12.7. The summed E-state index contributed by atoms with van der Waals surface area (Å²) in [6.45, 7) is 8.83. The molecule has 5 heteroatoms. The minimum atomic E-state index is 0.00958. The van der Waals surface area contributed by atoms with Crippen LogP contribution in [-0.2, 0) is 6.54 Å². The van der Waals surface area contributed by atoms with Crippen LogP contribution in [0.2, 0.25) is 0 Å². The monoisotopic (exact) mass is 275 g/mol. The quantitative estimate of drug-likeness (QED) is 0.929. The first kappa shape index (κ1) is 14.5. The molecule has 1 N–H and O–H groups in total. The highest BCUT2D eigenvalue weighted by Crippen LogP contribution is 2.29. The van der Waals surface area contributed by atoms with E-state index in [-0.39, 0.29) is 5.54 Å². The number of hydrogen-bond donors (Lipinski definition) is 1. The van der Waals surface area contributed by atoms with Crippen molar-refractivity contribution in [3.63, 3.8) is 0 Å². The molecule has 1 aromatic heterocycles. The van der Waals surface area contributed by atoms with Gasteiger partial charge in [-0.15, -0.1) is 10.2 Å². The molecule has 0 radical (unpaired) electrons. The lowest BCUT2D eigenvalue weighted by Crippen LogP contribution is -2.35. The Morgan fingerprint density at radius 2 is 2.00 bits per heavy atom. The van der Waals surface area contributed by atoms with E-state index in [1.54, 1.807) is 7.11 Å². The highest BCUT2D eigenvalue weighted by atomic mass is 16.5. The van der Waals surface area contributed by atoms with E-state index in [2.05, 4.69) is 36.3 Å². The van der Waals surface area contributed by atoms with Gasteiger partial charge in [0.25, 0.3) is 5.89 Å². The van der Waals surface area contributed by atoms with Gasteiger partial charge >= 0.3 is 0 Å². The van der Waals surface area contributed by atoms with Gasteiger partial charge in [0.15, 0.2) is 0 Å². The first-order valence-electron chi connectivity index (χ1n) is 6.61. The first-order valence-corrected chi connectivity index (χ1v) is 6.61. The molecule has 108 valence electrons. The van der Waals surface area contributed by atoms with Gasteiger partial charge in [0, 0.05) is 5.54 Å². The number of aryl methyl sites for hydroxylation is 1. The van der Waals surface area contributed by atoms with Gasteiger partial charge in [-0.05, 0) is 39.8 Å². The van der Waals surface area contributed by atoms with Gasteiger partial charge in [-0.25, -0.2) is 0 Å². The van der Waals surface area contributed by atoms with Crippen molar-refractivity contribution in [3.8, 4) is 17.2 Å². The fraction of sp³-hybridized carbons (Fsp3) is 0.467. The van der Waals surface area contributed by atoms with E-state index in [1.807, 2.05) is 25.1 Å². The number of aromatic nitrogens is 2. The summed E-state index contributed by atoms with van der Waals surface area (Å²) in [5.41, 5.74) is 1.95. The third-order valence-corrected chi connectivity index (χ3v) is 2.82. The molecule has 1 aromatic carbocycles.